The molecule has 0 bridgehead atoms. The van der Waals surface area contributed by atoms with E-state index in [1.807, 2.05) is 42.7 Å². The number of hydrogen-bond acceptors (Lipinski definition) is 3. The van der Waals surface area contributed by atoms with E-state index in [4.69, 9.17) is 0 Å². The molecule has 38 heavy (non-hydrogen) atoms. The van der Waals surface area contributed by atoms with Gasteiger partial charge in [-0.15, -0.1) is 0 Å². The average Bonchev–Trinajstić information content (AvgIpc) is 3.58. The van der Waals surface area contributed by atoms with Crippen molar-refractivity contribution in [2.45, 2.75) is 25.8 Å². The van der Waals surface area contributed by atoms with Gasteiger partial charge in [0.05, 0.1) is 11.2 Å². The highest BCUT2D eigenvalue weighted by atomic mass is 19.1. The molecule has 0 unspecified atom stereocenters. The second-order valence-electron chi connectivity index (χ2n) is 10.2. The van der Waals surface area contributed by atoms with Gasteiger partial charge in [-0.1, -0.05) is 42.8 Å². The summed E-state index contributed by atoms with van der Waals surface area (Å²) in [7, 11) is 0. The Morgan fingerprint density at radius 1 is 0.763 bits per heavy atom. The number of piperidine rings is 1. The van der Waals surface area contributed by atoms with Crippen molar-refractivity contribution in [2.75, 3.05) is 13.1 Å². The molecule has 0 aliphatic carbocycles. The number of hydrogen-bond donors (Lipinski definition) is 2. The van der Waals surface area contributed by atoms with E-state index in [1.165, 1.54) is 30.9 Å². The zero-order valence-corrected chi connectivity index (χ0v) is 21.0. The number of aromatic nitrogens is 4. The quantitative estimate of drug-likeness (QED) is 0.256. The van der Waals surface area contributed by atoms with E-state index in [-0.39, 0.29) is 5.82 Å². The van der Waals surface area contributed by atoms with Gasteiger partial charge < -0.3 is 4.98 Å². The smallest absolute Gasteiger partial charge is 0.131 e. The van der Waals surface area contributed by atoms with Gasteiger partial charge >= 0.3 is 0 Å². The first-order valence-electron chi connectivity index (χ1n) is 13.2. The van der Waals surface area contributed by atoms with E-state index < -0.39 is 0 Å². The number of H-pyrrole nitrogens is 2. The summed E-state index contributed by atoms with van der Waals surface area (Å²) < 4.78 is 14.6. The third kappa shape index (κ3) is 4.17. The number of benzene rings is 3. The molecule has 2 N–H and O–H groups in total. The largest absolute Gasteiger partial charge is 0.353 e. The van der Waals surface area contributed by atoms with Crippen molar-refractivity contribution in [1.29, 1.82) is 0 Å². The summed E-state index contributed by atoms with van der Waals surface area (Å²) in [6.07, 6.45) is 7.82. The van der Waals surface area contributed by atoms with E-state index in [9.17, 15) is 4.39 Å². The number of likely N-dealkylation sites (tertiary alicyclic amines) is 1. The Morgan fingerprint density at radius 2 is 1.63 bits per heavy atom. The van der Waals surface area contributed by atoms with E-state index >= 15 is 0 Å². The molecule has 188 valence electrons. The fraction of sp³-hybridized carbons (Fsp3) is 0.188. The molecule has 0 spiro atoms. The van der Waals surface area contributed by atoms with Gasteiger partial charge in [-0.05, 0) is 79.0 Å². The molecule has 1 fully saturated rings. The molecule has 3 aromatic heterocycles. The summed E-state index contributed by atoms with van der Waals surface area (Å²) in [5.41, 5.74) is 8.56. The first-order valence-corrected chi connectivity index (χ1v) is 13.2. The molecule has 0 radical (unpaired) electrons. The summed E-state index contributed by atoms with van der Waals surface area (Å²) in [6.45, 7) is 3.27. The SMILES string of the molecule is Fc1ccccc1-c1cccc2[nH]c(-c3n[nH]c4ccc(-c5cncc(CN6CCCCC6)c5)cc34)cc12. The van der Waals surface area contributed by atoms with Gasteiger partial charge in [-0.25, -0.2) is 4.39 Å². The standard InChI is InChI=1S/C32H28FN5/c33-28-9-3-2-7-25(28)24-8-6-10-29-26(24)17-31(35-29)32-27-16-22(11-12-30(27)36-37-32)23-15-21(18-34-19-23)20-38-13-4-1-5-14-38/h2-3,6-12,15-19,35H,1,4-5,13-14,20H2,(H,36,37). The maximum atomic E-state index is 14.6. The summed E-state index contributed by atoms with van der Waals surface area (Å²) in [4.78, 5) is 10.6. The minimum atomic E-state index is -0.228. The molecule has 3 aromatic carbocycles. The van der Waals surface area contributed by atoms with E-state index in [1.54, 1.807) is 6.07 Å². The van der Waals surface area contributed by atoms with E-state index in [0.717, 1.165) is 69.5 Å². The molecule has 0 atom stereocenters. The third-order valence-electron chi connectivity index (χ3n) is 7.63. The van der Waals surface area contributed by atoms with Crippen LogP contribution in [0.1, 0.15) is 24.8 Å². The predicted octanol–water partition coefficient (Wildman–Crippen LogP) is 7.57. The second-order valence-corrected chi connectivity index (χ2v) is 10.2. The minimum absolute atomic E-state index is 0.228. The average molecular weight is 502 g/mol. The van der Waals surface area contributed by atoms with Crippen molar-refractivity contribution in [1.82, 2.24) is 25.1 Å². The highest BCUT2D eigenvalue weighted by Crippen LogP contribution is 2.36. The highest BCUT2D eigenvalue weighted by Gasteiger charge is 2.16. The number of pyridine rings is 1. The van der Waals surface area contributed by atoms with Crippen molar-refractivity contribution in [3.05, 3.63) is 96.6 Å². The van der Waals surface area contributed by atoms with Crippen molar-refractivity contribution < 1.29 is 4.39 Å². The zero-order chi connectivity index (χ0) is 25.5. The van der Waals surface area contributed by atoms with Crippen LogP contribution in [0.5, 0.6) is 0 Å². The molecule has 0 saturated carbocycles. The van der Waals surface area contributed by atoms with Crippen LogP contribution in [0, 0.1) is 5.82 Å². The van der Waals surface area contributed by atoms with Crippen LogP contribution in [0.15, 0.2) is 85.2 Å². The van der Waals surface area contributed by atoms with Crippen molar-refractivity contribution >= 4 is 21.8 Å². The molecule has 0 amide bonds. The Kier molecular flexibility index (Phi) is 5.74. The third-order valence-corrected chi connectivity index (χ3v) is 7.63. The normalized spacial score (nSPS) is 14.4. The number of nitrogens with zero attached hydrogens (tertiary/aromatic N) is 3. The maximum absolute atomic E-state index is 14.6. The lowest BCUT2D eigenvalue weighted by atomic mass is 10.0. The summed E-state index contributed by atoms with van der Waals surface area (Å²) in [5, 5.41) is 9.83. The van der Waals surface area contributed by atoms with Crippen LogP contribution in [-0.4, -0.2) is 38.2 Å². The fourth-order valence-electron chi connectivity index (χ4n) is 5.70. The molecular weight excluding hydrogens is 473 g/mol. The van der Waals surface area contributed by atoms with Crippen LogP contribution in [-0.2, 0) is 6.54 Å². The Balaban J connectivity index is 1.26. The molecule has 7 rings (SSSR count). The highest BCUT2D eigenvalue weighted by molar-refractivity contribution is 6.01. The van der Waals surface area contributed by atoms with E-state index in [2.05, 4.69) is 55.4 Å². The molecule has 5 nitrogen and oxygen atoms in total. The fourth-order valence-corrected chi connectivity index (χ4v) is 5.70. The van der Waals surface area contributed by atoms with Gasteiger partial charge in [0.2, 0.25) is 0 Å². The number of nitrogens with one attached hydrogen (secondary N) is 2. The maximum Gasteiger partial charge on any atom is 0.131 e. The minimum Gasteiger partial charge on any atom is -0.353 e. The lowest BCUT2D eigenvalue weighted by Gasteiger charge is -2.26. The van der Waals surface area contributed by atoms with Crippen LogP contribution in [0.25, 0.3) is 55.4 Å². The molecular formula is C32H28FN5. The second kappa shape index (κ2) is 9.54. The van der Waals surface area contributed by atoms with E-state index in [0.29, 0.717) is 5.56 Å². The topological polar surface area (TPSA) is 60.6 Å². The molecule has 1 aliphatic heterocycles. The van der Waals surface area contributed by atoms with Gasteiger partial charge in [0.15, 0.2) is 0 Å². The summed E-state index contributed by atoms with van der Waals surface area (Å²) >= 11 is 0. The Hall–Kier alpha value is -4.29. The molecule has 6 heteroatoms. The van der Waals surface area contributed by atoms with Gasteiger partial charge in [0.25, 0.3) is 0 Å². The number of aromatic amines is 2. The van der Waals surface area contributed by atoms with Crippen molar-refractivity contribution in [2.24, 2.45) is 0 Å². The van der Waals surface area contributed by atoms with Gasteiger partial charge in [0.1, 0.15) is 11.5 Å². The summed E-state index contributed by atoms with van der Waals surface area (Å²) in [6, 6.07) is 23.5. The Bertz CT molecular complexity index is 1760. The molecule has 6 aromatic rings. The van der Waals surface area contributed by atoms with Gasteiger partial charge in [-0.2, -0.15) is 5.10 Å². The van der Waals surface area contributed by atoms with Gasteiger partial charge in [0, 0.05) is 46.4 Å². The summed E-state index contributed by atoms with van der Waals surface area (Å²) in [5.74, 6) is -0.228. The van der Waals surface area contributed by atoms with Gasteiger partial charge in [-0.3, -0.25) is 15.0 Å². The van der Waals surface area contributed by atoms with Crippen LogP contribution in [0.2, 0.25) is 0 Å². The van der Waals surface area contributed by atoms with Crippen LogP contribution < -0.4 is 0 Å². The van der Waals surface area contributed by atoms with Crippen molar-refractivity contribution in [3.8, 4) is 33.6 Å². The van der Waals surface area contributed by atoms with Crippen LogP contribution in [0.3, 0.4) is 0 Å². The molecule has 1 aliphatic rings. The lowest BCUT2D eigenvalue weighted by molar-refractivity contribution is 0.220. The monoisotopic (exact) mass is 501 g/mol. The van der Waals surface area contributed by atoms with Crippen LogP contribution >= 0.6 is 0 Å². The number of halogens is 1. The first-order chi connectivity index (χ1) is 18.7. The molecule has 4 heterocycles. The predicted molar refractivity (Wildman–Crippen MR) is 151 cm³/mol. The first kappa shape index (κ1) is 22.9. The lowest BCUT2D eigenvalue weighted by Crippen LogP contribution is -2.29. The number of rotatable bonds is 5. The van der Waals surface area contributed by atoms with Crippen molar-refractivity contribution in [3.63, 3.8) is 0 Å². The van der Waals surface area contributed by atoms with Crippen LogP contribution in [0.4, 0.5) is 4.39 Å². The Labute approximate surface area is 220 Å². The number of fused-ring (bicyclic) bond motifs is 2. The molecule has 1 saturated heterocycles. The Morgan fingerprint density at radius 3 is 2.53 bits per heavy atom. The zero-order valence-electron chi connectivity index (χ0n) is 21.0.